The van der Waals surface area contributed by atoms with E-state index in [4.69, 9.17) is 10.9 Å². The predicted molar refractivity (Wildman–Crippen MR) is 80.7 cm³/mol. The van der Waals surface area contributed by atoms with Crippen molar-refractivity contribution in [3.8, 4) is 0 Å². The maximum Gasteiger partial charge on any atom is 0.147 e. The Morgan fingerprint density at radius 2 is 1.81 bits per heavy atom. The molecule has 5 heteroatoms. The fourth-order valence-corrected chi connectivity index (χ4v) is 2.14. The second-order valence-corrected chi connectivity index (χ2v) is 4.71. The average molecular weight is 287 g/mol. The first-order chi connectivity index (χ1) is 10.2. The van der Waals surface area contributed by atoms with Crippen molar-refractivity contribution < 1.29 is 9.60 Å². The van der Waals surface area contributed by atoms with Gasteiger partial charge in [0.05, 0.1) is 5.92 Å². The van der Waals surface area contributed by atoms with Crippen LogP contribution in [0.1, 0.15) is 17.0 Å². The topological polar surface area (TPSA) is 70.6 Å². The molecule has 1 atom stereocenters. The van der Waals surface area contributed by atoms with Gasteiger partial charge in [-0.2, -0.15) is 0 Å². The second kappa shape index (κ2) is 7.40. The van der Waals surface area contributed by atoms with Crippen LogP contribution in [0.2, 0.25) is 0 Å². The molecule has 0 aromatic heterocycles. The molecule has 0 radical (unpaired) electrons. The molecule has 0 saturated carbocycles. The number of rotatable bonds is 6. The Balaban J connectivity index is 2.02. The monoisotopic (exact) mass is 287 g/mol. The summed E-state index contributed by atoms with van der Waals surface area (Å²) < 4.78 is 13.5. The van der Waals surface area contributed by atoms with Crippen molar-refractivity contribution in [2.75, 3.05) is 6.54 Å². The number of nitrogens with zero attached hydrogens (tertiary/aromatic N) is 1. The zero-order valence-electron chi connectivity index (χ0n) is 11.5. The Bertz CT molecular complexity index is 601. The van der Waals surface area contributed by atoms with E-state index in [2.05, 4.69) is 10.5 Å². The smallest absolute Gasteiger partial charge is 0.147 e. The predicted octanol–water partition coefficient (Wildman–Crippen LogP) is 2.45. The van der Waals surface area contributed by atoms with Gasteiger partial charge in [0, 0.05) is 18.7 Å². The first kappa shape index (κ1) is 15.0. The number of benzene rings is 2. The Morgan fingerprint density at radius 3 is 2.48 bits per heavy atom. The van der Waals surface area contributed by atoms with Crippen LogP contribution in [-0.4, -0.2) is 17.6 Å². The first-order valence-electron chi connectivity index (χ1n) is 6.69. The van der Waals surface area contributed by atoms with Gasteiger partial charge in [0.1, 0.15) is 11.7 Å². The zero-order chi connectivity index (χ0) is 15.1. The number of halogens is 1. The largest absolute Gasteiger partial charge is 0.409 e. The van der Waals surface area contributed by atoms with E-state index < -0.39 is 0 Å². The number of nitrogens with one attached hydrogen (secondary N) is 1. The van der Waals surface area contributed by atoms with Crippen LogP contribution in [0.3, 0.4) is 0 Å². The van der Waals surface area contributed by atoms with E-state index in [1.54, 1.807) is 18.2 Å². The van der Waals surface area contributed by atoms with Crippen molar-refractivity contribution >= 4 is 5.84 Å². The summed E-state index contributed by atoms with van der Waals surface area (Å²) in [7, 11) is 0. The molecule has 0 aliphatic heterocycles. The fourth-order valence-electron chi connectivity index (χ4n) is 2.14. The first-order valence-corrected chi connectivity index (χ1v) is 6.69. The molecule has 2 rings (SSSR count). The lowest BCUT2D eigenvalue weighted by Gasteiger charge is -2.17. The van der Waals surface area contributed by atoms with Crippen LogP contribution in [0.15, 0.2) is 59.8 Å². The van der Waals surface area contributed by atoms with Gasteiger partial charge in [-0.25, -0.2) is 4.39 Å². The van der Waals surface area contributed by atoms with Gasteiger partial charge in [0.2, 0.25) is 0 Å². The molecule has 0 saturated heterocycles. The molecule has 0 amide bonds. The van der Waals surface area contributed by atoms with E-state index in [1.165, 1.54) is 6.07 Å². The van der Waals surface area contributed by atoms with Gasteiger partial charge in [-0.1, -0.05) is 53.7 Å². The molecule has 2 aromatic rings. The molecule has 4 N–H and O–H groups in total. The van der Waals surface area contributed by atoms with Crippen LogP contribution < -0.4 is 11.1 Å². The van der Waals surface area contributed by atoms with Crippen LogP contribution in [0, 0.1) is 5.82 Å². The third-order valence-corrected chi connectivity index (χ3v) is 3.30. The van der Waals surface area contributed by atoms with E-state index in [-0.39, 0.29) is 17.6 Å². The van der Waals surface area contributed by atoms with E-state index in [9.17, 15) is 4.39 Å². The standard InChI is InChI=1S/C16H18FN3O/c17-15-9-5-4-8-13(15)10-19-11-14(16(18)20-21)12-6-2-1-3-7-12/h1-9,14,19,21H,10-11H2,(H2,18,20). The third-order valence-electron chi connectivity index (χ3n) is 3.30. The molecule has 0 spiro atoms. The highest BCUT2D eigenvalue weighted by atomic mass is 19.1. The maximum atomic E-state index is 13.5. The Kier molecular flexibility index (Phi) is 5.29. The molecule has 1 unspecified atom stereocenters. The molecule has 4 nitrogen and oxygen atoms in total. The van der Waals surface area contributed by atoms with Gasteiger partial charge in [-0.3, -0.25) is 0 Å². The van der Waals surface area contributed by atoms with Crippen LogP contribution >= 0.6 is 0 Å². The van der Waals surface area contributed by atoms with E-state index in [0.717, 1.165) is 5.56 Å². The summed E-state index contributed by atoms with van der Waals surface area (Å²) in [6, 6.07) is 16.1. The summed E-state index contributed by atoms with van der Waals surface area (Å²) in [5, 5.41) is 15.1. The minimum absolute atomic E-state index is 0.127. The molecule has 0 aliphatic carbocycles. The lowest BCUT2D eigenvalue weighted by atomic mass is 9.98. The van der Waals surface area contributed by atoms with E-state index in [0.29, 0.717) is 18.7 Å². The number of nitrogens with two attached hydrogens (primary N) is 1. The van der Waals surface area contributed by atoms with E-state index in [1.807, 2.05) is 30.3 Å². The number of hydrogen-bond donors (Lipinski definition) is 3. The van der Waals surface area contributed by atoms with Crippen LogP contribution in [-0.2, 0) is 6.54 Å². The summed E-state index contributed by atoms with van der Waals surface area (Å²) in [4.78, 5) is 0. The van der Waals surface area contributed by atoms with Gasteiger partial charge >= 0.3 is 0 Å². The Morgan fingerprint density at radius 1 is 1.14 bits per heavy atom. The van der Waals surface area contributed by atoms with Gasteiger partial charge < -0.3 is 16.3 Å². The quantitative estimate of drug-likeness (QED) is 0.331. The molecular formula is C16H18FN3O. The van der Waals surface area contributed by atoms with Gasteiger partial charge in [-0.05, 0) is 11.6 Å². The molecule has 110 valence electrons. The minimum Gasteiger partial charge on any atom is -0.409 e. The Hall–Kier alpha value is -2.40. The molecule has 0 heterocycles. The maximum absolute atomic E-state index is 13.5. The molecule has 21 heavy (non-hydrogen) atoms. The van der Waals surface area contributed by atoms with Crippen LogP contribution in [0.4, 0.5) is 4.39 Å². The molecule has 0 bridgehead atoms. The average Bonchev–Trinajstić information content (AvgIpc) is 2.53. The summed E-state index contributed by atoms with van der Waals surface area (Å²) in [6.07, 6.45) is 0. The number of hydrogen-bond acceptors (Lipinski definition) is 3. The molecule has 2 aromatic carbocycles. The number of amidine groups is 1. The van der Waals surface area contributed by atoms with Crippen molar-refractivity contribution in [2.45, 2.75) is 12.5 Å². The SMILES string of the molecule is NC(=NO)C(CNCc1ccccc1F)c1ccccc1. The van der Waals surface area contributed by atoms with Gasteiger partial charge in [-0.15, -0.1) is 0 Å². The molecule has 0 aliphatic rings. The fraction of sp³-hybridized carbons (Fsp3) is 0.188. The van der Waals surface area contributed by atoms with Crippen LogP contribution in [0.5, 0.6) is 0 Å². The lowest BCUT2D eigenvalue weighted by molar-refractivity contribution is 0.315. The van der Waals surface area contributed by atoms with Crippen LogP contribution in [0.25, 0.3) is 0 Å². The summed E-state index contributed by atoms with van der Waals surface area (Å²) in [6.45, 7) is 0.836. The summed E-state index contributed by atoms with van der Waals surface area (Å²) in [5.74, 6) is -0.379. The summed E-state index contributed by atoms with van der Waals surface area (Å²) >= 11 is 0. The van der Waals surface area contributed by atoms with Crippen molar-refractivity contribution in [3.05, 3.63) is 71.5 Å². The van der Waals surface area contributed by atoms with Crippen molar-refractivity contribution in [1.82, 2.24) is 5.32 Å². The van der Waals surface area contributed by atoms with Crippen molar-refractivity contribution in [1.29, 1.82) is 0 Å². The van der Waals surface area contributed by atoms with Gasteiger partial charge in [0.15, 0.2) is 0 Å². The Labute approximate surface area is 123 Å². The molecular weight excluding hydrogens is 269 g/mol. The lowest BCUT2D eigenvalue weighted by Crippen LogP contribution is -2.31. The third kappa shape index (κ3) is 4.03. The highest BCUT2D eigenvalue weighted by molar-refractivity contribution is 5.87. The van der Waals surface area contributed by atoms with Crippen molar-refractivity contribution in [2.24, 2.45) is 10.9 Å². The normalized spacial score (nSPS) is 13.1. The van der Waals surface area contributed by atoms with Gasteiger partial charge in [0.25, 0.3) is 0 Å². The highest BCUT2D eigenvalue weighted by Crippen LogP contribution is 2.15. The summed E-state index contributed by atoms with van der Waals surface area (Å²) in [5.41, 5.74) is 7.27. The number of oxime groups is 1. The second-order valence-electron chi connectivity index (χ2n) is 4.71. The minimum atomic E-state index is -0.261. The zero-order valence-corrected chi connectivity index (χ0v) is 11.5. The van der Waals surface area contributed by atoms with E-state index >= 15 is 0 Å². The molecule has 0 fully saturated rings. The highest BCUT2D eigenvalue weighted by Gasteiger charge is 2.16. The van der Waals surface area contributed by atoms with Crippen molar-refractivity contribution in [3.63, 3.8) is 0 Å².